The van der Waals surface area contributed by atoms with E-state index in [1.165, 1.54) is 11.3 Å². The van der Waals surface area contributed by atoms with Crippen LogP contribution in [0, 0.1) is 5.92 Å². The van der Waals surface area contributed by atoms with E-state index in [-0.39, 0.29) is 42.9 Å². The first kappa shape index (κ1) is 16.3. The van der Waals surface area contributed by atoms with Gasteiger partial charge in [-0.15, -0.1) is 10.2 Å². The molecule has 24 heavy (non-hydrogen) atoms. The Balaban J connectivity index is 1.53. The van der Waals surface area contributed by atoms with E-state index in [0.717, 1.165) is 10.6 Å². The Morgan fingerprint density at radius 1 is 1.17 bits per heavy atom. The third kappa shape index (κ3) is 4.45. The molecular formula is C16H16N4O3S. The molecule has 0 unspecified atom stereocenters. The fourth-order valence-corrected chi connectivity index (χ4v) is 3.37. The van der Waals surface area contributed by atoms with Crippen LogP contribution in [0.4, 0.5) is 5.13 Å². The number of carbonyl (C=O) groups excluding carboxylic acids is 3. The number of carbonyl (C=O) groups is 3. The zero-order valence-electron chi connectivity index (χ0n) is 12.8. The lowest BCUT2D eigenvalue weighted by Gasteiger charge is -2.19. The molecule has 3 rings (SSSR count). The molecule has 3 amide bonds. The summed E-state index contributed by atoms with van der Waals surface area (Å²) in [5.74, 6) is -1.18. The summed E-state index contributed by atoms with van der Waals surface area (Å²) in [7, 11) is 0. The summed E-state index contributed by atoms with van der Waals surface area (Å²) >= 11 is 1.32. The van der Waals surface area contributed by atoms with Gasteiger partial charge in [0.15, 0.2) is 0 Å². The molecule has 0 atom stereocenters. The zero-order valence-corrected chi connectivity index (χ0v) is 13.6. The molecule has 0 saturated carbocycles. The van der Waals surface area contributed by atoms with Crippen molar-refractivity contribution in [3.63, 3.8) is 0 Å². The number of imide groups is 1. The van der Waals surface area contributed by atoms with E-state index in [1.807, 2.05) is 30.3 Å². The average Bonchev–Trinajstić information content (AvgIpc) is 2.94. The first-order valence-electron chi connectivity index (χ1n) is 7.57. The number of aromatic nitrogens is 2. The van der Waals surface area contributed by atoms with Crippen LogP contribution in [0.3, 0.4) is 0 Å². The van der Waals surface area contributed by atoms with Crippen molar-refractivity contribution in [2.75, 3.05) is 5.32 Å². The van der Waals surface area contributed by atoms with Crippen molar-refractivity contribution in [2.45, 2.75) is 25.7 Å². The molecule has 8 heteroatoms. The van der Waals surface area contributed by atoms with Crippen LogP contribution in [-0.2, 0) is 20.8 Å². The predicted octanol–water partition coefficient (Wildman–Crippen LogP) is 1.51. The van der Waals surface area contributed by atoms with Crippen molar-refractivity contribution in [3.05, 3.63) is 40.9 Å². The normalized spacial score (nSPS) is 15.2. The summed E-state index contributed by atoms with van der Waals surface area (Å²) in [6.45, 7) is 0. The number of hydrogen-bond donors (Lipinski definition) is 2. The van der Waals surface area contributed by atoms with Crippen LogP contribution in [0.25, 0.3) is 0 Å². The van der Waals surface area contributed by atoms with Crippen LogP contribution >= 0.6 is 11.3 Å². The van der Waals surface area contributed by atoms with Crippen LogP contribution in [0.1, 0.15) is 29.8 Å². The van der Waals surface area contributed by atoms with E-state index in [0.29, 0.717) is 11.6 Å². The highest BCUT2D eigenvalue weighted by molar-refractivity contribution is 7.15. The molecule has 1 aromatic heterocycles. The van der Waals surface area contributed by atoms with Crippen molar-refractivity contribution >= 4 is 34.2 Å². The summed E-state index contributed by atoms with van der Waals surface area (Å²) in [6.07, 6.45) is 1.15. The van der Waals surface area contributed by atoms with Crippen molar-refractivity contribution in [3.8, 4) is 0 Å². The molecule has 0 spiro atoms. The molecule has 1 aliphatic heterocycles. The van der Waals surface area contributed by atoms with Gasteiger partial charge in [-0.05, 0) is 11.5 Å². The van der Waals surface area contributed by atoms with Crippen LogP contribution < -0.4 is 10.6 Å². The lowest BCUT2D eigenvalue weighted by Crippen LogP contribution is -2.39. The Morgan fingerprint density at radius 2 is 1.88 bits per heavy atom. The lowest BCUT2D eigenvalue weighted by molar-refractivity contribution is -0.135. The maximum absolute atomic E-state index is 12.0. The van der Waals surface area contributed by atoms with Crippen LogP contribution in [0.15, 0.2) is 30.3 Å². The fraction of sp³-hybridized carbons (Fsp3) is 0.312. The number of nitrogens with zero attached hydrogens (tertiary/aromatic N) is 2. The number of benzene rings is 1. The van der Waals surface area contributed by atoms with Crippen molar-refractivity contribution < 1.29 is 14.4 Å². The van der Waals surface area contributed by atoms with Gasteiger partial charge in [0.2, 0.25) is 22.9 Å². The van der Waals surface area contributed by atoms with Crippen LogP contribution in [0.5, 0.6) is 0 Å². The van der Waals surface area contributed by atoms with Gasteiger partial charge in [-0.2, -0.15) is 0 Å². The molecule has 1 saturated heterocycles. The monoisotopic (exact) mass is 344 g/mol. The summed E-state index contributed by atoms with van der Waals surface area (Å²) in [6, 6.07) is 9.88. The van der Waals surface area contributed by atoms with E-state index >= 15 is 0 Å². The van der Waals surface area contributed by atoms with Gasteiger partial charge in [0.1, 0.15) is 5.01 Å². The number of piperidine rings is 1. The molecule has 1 aliphatic rings. The van der Waals surface area contributed by atoms with Gasteiger partial charge < -0.3 is 5.32 Å². The number of rotatable bonds is 5. The van der Waals surface area contributed by atoms with Crippen molar-refractivity contribution in [1.82, 2.24) is 15.5 Å². The number of nitrogens with one attached hydrogen (secondary N) is 2. The van der Waals surface area contributed by atoms with Crippen LogP contribution in [-0.4, -0.2) is 27.9 Å². The average molecular weight is 344 g/mol. The van der Waals surface area contributed by atoms with E-state index in [4.69, 9.17) is 0 Å². The van der Waals surface area contributed by atoms with Gasteiger partial charge in [-0.1, -0.05) is 41.7 Å². The van der Waals surface area contributed by atoms with Gasteiger partial charge in [0.05, 0.1) is 0 Å². The van der Waals surface area contributed by atoms with Gasteiger partial charge in [0.25, 0.3) is 0 Å². The standard InChI is InChI=1S/C16H16N4O3S/c21-12-6-11(7-13(22)17-12)8-14(23)18-16-20-19-15(24-16)9-10-4-2-1-3-5-10/h1-5,11H,6-9H2,(H,17,21,22)(H,18,20,23). The quantitative estimate of drug-likeness (QED) is 0.801. The second-order valence-corrected chi connectivity index (χ2v) is 6.72. The van der Waals surface area contributed by atoms with Gasteiger partial charge >= 0.3 is 0 Å². The van der Waals surface area contributed by atoms with Crippen LogP contribution in [0.2, 0.25) is 0 Å². The SMILES string of the molecule is O=C1CC(CC(=O)Nc2nnc(Cc3ccccc3)s2)CC(=O)N1. The minimum absolute atomic E-state index is 0.118. The second-order valence-electron chi connectivity index (χ2n) is 5.66. The summed E-state index contributed by atoms with van der Waals surface area (Å²) in [5.41, 5.74) is 1.12. The fourth-order valence-electron chi connectivity index (χ4n) is 2.58. The first-order chi connectivity index (χ1) is 11.6. The number of hydrogen-bond acceptors (Lipinski definition) is 6. The minimum Gasteiger partial charge on any atom is -0.301 e. The Kier molecular flexibility index (Phi) is 4.95. The Labute approximate surface area is 142 Å². The largest absolute Gasteiger partial charge is 0.301 e. The smallest absolute Gasteiger partial charge is 0.226 e. The van der Waals surface area contributed by atoms with E-state index in [9.17, 15) is 14.4 Å². The van der Waals surface area contributed by atoms with Gasteiger partial charge in [-0.3, -0.25) is 19.7 Å². The van der Waals surface area contributed by atoms with Crippen molar-refractivity contribution in [2.24, 2.45) is 5.92 Å². The summed E-state index contributed by atoms with van der Waals surface area (Å²) in [4.78, 5) is 34.7. The highest BCUT2D eigenvalue weighted by Crippen LogP contribution is 2.21. The molecule has 1 fully saturated rings. The summed E-state index contributed by atoms with van der Waals surface area (Å²) in [5, 5.41) is 14.2. The molecule has 0 bridgehead atoms. The molecule has 124 valence electrons. The van der Waals surface area contributed by atoms with Gasteiger partial charge in [0, 0.05) is 25.7 Å². The highest BCUT2D eigenvalue weighted by Gasteiger charge is 2.26. The lowest BCUT2D eigenvalue weighted by atomic mass is 9.93. The highest BCUT2D eigenvalue weighted by atomic mass is 32.1. The van der Waals surface area contributed by atoms with Crippen molar-refractivity contribution in [1.29, 1.82) is 0 Å². The minimum atomic E-state index is -0.329. The van der Waals surface area contributed by atoms with E-state index in [2.05, 4.69) is 20.8 Å². The number of amides is 3. The third-order valence-corrected chi connectivity index (χ3v) is 4.45. The molecule has 2 aromatic rings. The predicted molar refractivity (Wildman–Crippen MR) is 88.3 cm³/mol. The topological polar surface area (TPSA) is 101 Å². The molecule has 7 nitrogen and oxygen atoms in total. The van der Waals surface area contributed by atoms with E-state index in [1.54, 1.807) is 0 Å². The second kappa shape index (κ2) is 7.31. The first-order valence-corrected chi connectivity index (χ1v) is 8.39. The molecule has 0 aliphatic carbocycles. The Bertz CT molecular complexity index is 744. The maximum atomic E-state index is 12.0. The summed E-state index contributed by atoms with van der Waals surface area (Å²) < 4.78 is 0. The van der Waals surface area contributed by atoms with E-state index < -0.39 is 0 Å². The Hall–Kier alpha value is -2.61. The zero-order chi connectivity index (χ0) is 16.9. The molecule has 2 N–H and O–H groups in total. The molecule has 0 radical (unpaired) electrons. The maximum Gasteiger partial charge on any atom is 0.226 e. The van der Waals surface area contributed by atoms with Gasteiger partial charge in [-0.25, -0.2) is 0 Å². The molecule has 2 heterocycles. The molecular weight excluding hydrogens is 328 g/mol. The third-order valence-electron chi connectivity index (χ3n) is 3.61. The molecule has 1 aromatic carbocycles. The number of anilines is 1. The Morgan fingerprint density at radius 3 is 2.58 bits per heavy atom.